The number of benzene rings is 2. The summed E-state index contributed by atoms with van der Waals surface area (Å²) in [5, 5.41) is 15.3. The average Bonchev–Trinajstić information content (AvgIpc) is 3.03. The number of rotatable bonds is 4. The molecule has 0 bridgehead atoms. The maximum atomic E-state index is 11.8. The molecule has 146 valence electrons. The minimum Gasteiger partial charge on any atom is -0.477 e. The first-order valence-corrected chi connectivity index (χ1v) is 9.50. The van der Waals surface area contributed by atoms with Crippen LogP contribution in [0.1, 0.15) is 16.1 Å². The van der Waals surface area contributed by atoms with E-state index in [1.54, 1.807) is 35.8 Å². The van der Waals surface area contributed by atoms with E-state index in [0.29, 0.717) is 21.6 Å². The quantitative estimate of drug-likeness (QED) is 0.467. The zero-order valence-corrected chi connectivity index (χ0v) is 17.1. The van der Waals surface area contributed by atoms with Gasteiger partial charge in [-0.1, -0.05) is 41.4 Å². The Kier molecular flexibility index (Phi) is 4.90. The van der Waals surface area contributed by atoms with E-state index in [2.05, 4.69) is 10.1 Å². The molecule has 0 atom stereocenters. The smallest absolute Gasteiger partial charge is 0.341 e. The minimum absolute atomic E-state index is 0.0708. The number of carboxylic acids is 1. The van der Waals surface area contributed by atoms with Crippen molar-refractivity contribution < 1.29 is 9.90 Å². The summed E-state index contributed by atoms with van der Waals surface area (Å²) in [5.41, 5.74) is 3.06. The number of hydrogen-bond acceptors (Lipinski definition) is 4. The number of anilines is 2. The lowest BCUT2D eigenvalue weighted by molar-refractivity contribution is 0.0698. The summed E-state index contributed by atoms with van der Waals surface area (Å²) >= 11 is 12.5. The average molecular weight is 427 g/mol. The van der Waals surface area contributed by atoms with E-state index in [9.17, 15) is 9.90 Å². The van der Waals surface area contributed by atoms with Gasteiger partial charge in [-0.2, -0.15) is 9.61 Å². The summed E-state index contributed by atoms with van der Waals surface area (Å²) in [4.78, 5) is 18.1. The first kappa shape index (κ1) is 19.2. The number of carbonyl (C=O) groups is 1. The molecule has 6 nitrogen and oxygen atoms in total. The Morgan fingerprint density at radius 3 is 2.41 bits per heavy atom. The second-order valence-corrected chi connectivity index (χ2v) is 7.36. The highest BCUT2D eigenvalue weighted by molar-refractivity contribution is 6.33. The van der Waals surface area contributed by atoms with Crippen LogP contribution in [-0.4, -0.2) is 32.7 Å². The lowest BCUT2D eigenvalue weighted by Gasteiger charge is -2.23. The number of halogens is 2. The van der Waals surface area contributed by atoms with Gasteiger partial charge in [0.15, 0.2) is 5.65 Å². The summed E-state index contributed by atoms with van der Waals surface area (Å²) < 4.78 is 1.55. The number of aromatic nitrogens is 3. The zero-order chi connectivity index (χ0) is 20.7. The third-order valence-electron chi connectivity index (χ3n) is 4.70. The molecule has 0 radical (unpaired) electrons. The van der Waals surface area contributed by atoms with Crippen molar-refractivity contribution in [3.05, 3.63) is 76.0 Å². The van der Waals surface area contributed by atoms with Crippen LogP contribution in [0.5, 0.6) is 0 Å². The van der Waals surface area contributed by atoms with Crippen LogP contribution < -0.4 is 4.90 Å². The fraction of sp³-hybridized carbons (Fsp3) is 0.0952. The Morgan fingerprint density at radius 2 is 1.76 bits per heavy atom. The first-order valence-electron chi connectivity index (χ1n) is 8.74. The Bertz CT molecular complexity index is 1240. The Balaban J connectivity index is 2.06. The first-order chi connectivity index (χ1) is 13.9. The topological polar surface area (TPSA) is 70.7 Å². The van der Waals surface area contributed by atoms with Crippen molar-refractivity contribution in [2.75, 3.05) is 11.9 Å². The molecule has 2 aromatic heterocycles. The van der Waals surface area contributed by atoms with Crippen molar-refractivity contribution in [1.29, 1.82) is 0 Å². The monoisotopic (exact) mass is 426 g/mol. The fourth-order valence-corrected chi connectivity index (χ4v) is 3.67. The molecule has 1 N–H and O–H groups in total. The maximum Gasteiger partial charge on any atom is 0.341 e. The second-order valence-electron chi connectivity index (χ2n) is 6.51. The van der Waals surface area contributed by atoms with Crippen LogP contribution in [0.4, 0.5) is 11.5 Å². The van der Waals surface area contributed by atoms with Crippen LogP contribution in [0.25, 0.3) is 16.8 Å². The van der Waals surface area contributed by atoms with E-state index in [0.717, 1.165) is 16.8 Å². The molecule has 0 saturated heterocycles. The molecule has 8 heteroatoms. The lowest BCUT2D eigenvalue weighted by atomic mass is 10.1. The molecule has 2 aromatic carbocycles. The third kappa shape index (κ3) is 3.30. The van der Waals surface area contributed by atoms with Crippen LogP contribution in [0.3, 0.4) is 0 Å². The standard InChI is InChI=1S/C21H16Cl2N4O2/c1-12-18(21(28)29)19-24-11-16(15-5-3-4-6-17(15)23)20(27(19)25-12)26(2)14-9-7-13(22)8-10-14/h3-11H,1-2H3,(H,28,29). The van der Waals surface area contributed by atoms with Gasteiger partial charge in [0, 0.05) is 40.1 Å². The molecule has 0 aliphatic carbocycles. The van der Waals surface area contributed by atoms with Gasteiger partial charge in [0.2, 0.25) is 0 Å². The van der Waals surface area contributed by atoms with E-state index in [1.807, 2.05) is 42.3 Å². The van der Waals surface area contributed by atoms with Gasteiger partial charge in [0.05, 0.1) is 5.69 Å². The van der Waals surface area contributed by atoms with Gasteiger partial charge in [-0.05, 0) is 37.3 Å². The van der Waals surface area contributed by atoms with Gasteiger partial charge < -0.3 is 10.0 Å². The van der Waals surface area contributed by atoms with Crippen molar-refractivity contribution in [3.8, 4) is 11.1 Å². The largest absolute Gasteiger partial charge is 0.477 e. The van der Waals surface area contributed by atoms with Gasteiger partial charge in [-0.25, -0.2) is 9.78 Å². The number of aromatic carboxylic acids is 1. The molecule has 0 saturated carbocycles. The zero-order valence-electron chi connectivity index (χ0n) is 15.6. The SMILES string of the molecule is Cc1nn2c(N(C)c3ccc(Cl)cc3)c(-c3ccccc3Cl)cnc2c1C(=O)O. The molecular formula is C21H16Cl2N4O2. The van der Waals surface area contributed by atoms with Crippen molar-refractivity contribution in [2.45, 2.75) is 6.92 Å². The van der Waals surface area contributed by atoms with Crippen LogP contribution in [0.15, 0.2) is 54.7 Å². The van der Waals surface area contributed by atoms with Gasteiger partial charge in [-0.15, -0.1) is 0 Å². The normalized spacial score (nSPS) is 11.0. The maximum absolute atomic E-state index is 11.8. The third-order valence-corrected chi connectivity index (χ3v) is 5.28. The molecule has 4 aromatic rings. The lowest BCUT2D eigenvalue weighted by Crippen LogP contribution is -2.16. The number of fused-ring (bicyclic) bond motifs is 1. The molecule has 0 fully saturated rings. The molecular weight excluding hydrogens is 411 g/mol. The molecule has 0 aliphatic rings. The molecule has 2 heterocycles. The molecule has 29 heavy (non-hydrogen) atoms. The van der Waals surface area contributed by atoms with Gasteiger partial charge >= 0.3 is 5.97 Å². The summed E-state index contributed by atoms with van der Waals surface area (Å²) in [6, 6.07) is 14.7. The van der Waals surface area contributed by atoms with E-state index < -0.39 is 5.97 Å². The van der Waals surface area contributed by atoms with Crippen molar-refractivity contribution in [1.82, 2.24) is 14.6 Å². The van der Waals surface area contributed by atoms with Crippen LogP contribution >= 0.6 is 23.2 Å². The number of aryl methyl sites for hydroxylation is 1. The number of hydrogen-bond donors (Lipinski definition) is 1. The van der Waals surface area contributed by atoms with Crippen molar-refractivity contribution in [3.63, 3.8) is 0 Å². The van der Waals surface area contributed by atoms with Crippen LogP contribution in [0.2, 0.25) is 10.0 Å². The molecule has 0 amide bonds. The number of nitrogens with zero attached hydrogens (tertiary/aromatic N) is 4. The van der Waals surface area contributed by atoms with Gasteiger partial charge in [-0.3, -0.25) is 0 Å². The van der Waals surface area contributed by atoms with Crippen LogP contribution in [-0.2, 0) is 0 Å². The van der Waals surface area contributed by atoms with E-state index in [-0.39, 0.29) is 11.2 Å². The Labute approximate surface area is 176 Å². The minimum atomic E-state index is -1.07. The summed E-state index contributed by atoms with van der Waals surface area (Å²) in [6.07, 6.45) is 1.63. The molecule has 0 aliphatic heterocycles. The summed E-state index contributed by atoms with van der Waals surface area (Å²) in [6.45, 7) is 1.65. The fourth-order valence-electron chi connectivity index (χ4n) is 3.31. The van der Waals surface area contributed by atoms with E-state index >= 15 is 0 Å². The predicted molar refractivity (Wildman–Crippen MR) is 115 cm³/mol. The summed E-state index contributed by atoms with van der Waals surface area (Å²) in [5.74, 6) is -0.434. The molecule has 0 spiro atoms. The van der Waals surface area contributed by atoms with E-state index in [1.165, 1.54) is 0 Å². The highest BCUT2D eigenvalue weighted by Crippen LogP contribution is 2.38. The van der Waals surface area contributed by atoms with Gasteiger partial charge in [0.25, 0.3) is 0 Å². The highest BCUT2D eigenvalue weighted by Gasteiger charge is 2.24. The highest BCUT2D eigenvalue weighted by atomic mass is 35.5. The number of carboxylic acid groups (broad SMARTS) is 1. The molecule has 4 rings (SSSR count). The van der Waals surface area contributed by atoms with Crippen molar-refractivity contribution in [2.24, 2.45) is 0 Å². The predicted octanol–water partition coefficient (Wildman–Crippen LogP) is 5.48. The Hall–Kier alpha value is -3.09. The second kappa shape index (κ2) is 7.39. The summed E-state index contributed by atoms with van der Waals surface area (Å²) in [7, 11) is 1.87. The van der Waals surface area contributed by atoms with Crippen molar-refractivity contribution >= 4 is 46.3 Å². The van der Waals surface area contributed by atoms with Crippen LogP contribution in [0, 0.1) is 6.92 Å². The van der Waals surface area contributed by atoms with E-state index in [4.69, 9.17) is 23.2 Å². The Morgan fingerprint density at radius 1 is 1.07 bits per heavy atom. The molecule has 0 unspecified atom stereocenters. The van der Waals surface area contributed by atoms with Gasteiger partial charge in [0.1, 0.15) is 11.4 Å².